The molecule has 0 saturated carbocycles. The first-order valence-corrected chi connectivity index (χ1v) is 4.19. The maximum Gasteiger partial charge on any atom is 2.00 e. The number of hydrogen-bond acceptors (Lipinski definition) is 4. The minimum absolute atomic E-state index is 0. The molecule has 0 aliphatic heterocycles. The normalized spacial score (nSPS) is 9.67. The van der Waals surface area contributed by atoms with Gasteiger partial charge >= 0.3 is 69.7 Å². The van der Waals surface area contributed by atoms with Crippen LogP contribution in [-0.2, 0) is 20.8 Å². The Hall–Kier alpha value is 1.84. The first-order valence-electron chi connectivity index (χ1n) is 1.40. The summed E-state index contributed by atoms with van der Waals surface area (Å²) < 4.78 is 63.2. The van der Waals surface area contributed by atoms with Crippen LogP contribution in [0, 0.1) is 0 Å². The average molecular weight is 366 g/mol. The van der Waals surface area contributed by atoms with Crippen molar-refractivity contribution in [3.8, 4) is 0 Å². The summed E-state index contributed by atoms with van der Waals surface area (Å²) in [5.41, 5.74) is 0. The standard InChI is InChI=1S/Al.Ba.2H2O4S.5H/c;;2*1-5(2,3)4;;;;;/h;;2*(H2,1,2,3,4);;;;;/q;+2;;;;;;2*-1. The quantitative estimate of drug-likeness (QED) is 0.269. The second kappa shape index (κ2) is 9.40. The third-order valence-corrected chi connectivity index (χ3v) is 0. The molecule has 0 aliphatic carbocycles. The molecule has 0 atom stereocenters. The van der Waals surface area contributed by atoms with E-state index in [1.54, 1.807) is 0 Å². The molecule has 0 aliphatic rings. The van der Waals surface area contributed by atoms with E-state index in [0.717, 1.165) is 0 Å². The van der Waals surface area contributed by atoms with Crippen LogP contribution >= 0.6 is 0 Å². The molecule has 0 aromatic carbocycles. The fourth-order valence-electron chi connectivity index (χ4n) is 0. The molecule has 0 amide bonds. The molecule has 0 spiro atoms. The summed E-state index contributed by atoms with van der Waals surface area (Å²) in [6, 6.07) is 0. The number of rotatable bonds is 0. The summed E-state index contributed by atoms with van der Waals surface area (Å²) in [7, 11) is -9.33. The molecule has 0 aromatic rings. The molecule has 8 nitrogen and oxygen atoms in total. The van der Waals surface area contributed by atoms with Crippen molar-refractivity contribution >= 4 is 87.0 Å². The van der Waals surface area contributed by atoms with Gasteiger partial charge in [0, 0.05) is 0 Å². The zero-order chi connectivity index (χ0) is 9.00. The summed E-state index contributed by atoms with van der Waals surface area (Å²) in [5.74, 6) is 0. The van der Waals surface area contributed by atoms with Crippen molar-refractivity contribution in [1.82, 2.24) is 0 Å². The largest absolute Gasteiger partial charge is 2.00 e. The van der Waals surface area contributed by atoms with Crippen molar-refractivity contribution in [1.29, 1.82) is 0 Å². The fourth-order valence-corrected chi connectivity index (χ4v) is 0. The Morgan fingerprint density at radius 3 is 0.750 bits per heavy atom. The Morgan fingerprint density at radius 1 is 0.750 bits per heavy atom. The van der Waals surface area contributed by atoms with Gasteiger partial charge in [0.1, 0.15) is 0 Å². The summed E-state index contributed by atoms with van der Waals surface area (Å²) >= 11 is 0. The van der Waals surface area contributed by atoms with E-state index in [4.69, 9.17) is 35.0 Å². The minimum Gasteiger partial charge on any atom is -1.00 e. The van der Waals surface area contributed by atoms with Crippen molar-refractivity contribution in [2.45, 2.75) is 0 Å². The zero-order valence-electron chi connectivity index (χ0n) is 6.95. The Bertz CT molecular complexity index is 222. The van der Waals surface area contributed by atoms with E-state index in [1.807, 2.05) is 0 Å². The topological polar surface area (TPSA) is 149 Å². The molecule has 12 heteroatoms. The Labute approximate surface area is 123 Å². The molecule has 74 valence electrons. The first kappa shape index (κ1) is 23.6. The predicted molar refractivity (Wildman–Crippen MR) is 46.3 cm³/mol. The molecular formula is H9AlBaO8S2. The van der Waals surface area contributed by atoms with Gasteiger partial charge in [-0.1, -0.05) is 0 Å². The van der Waals surface area contributed by atoms with Crippen LogP contribution in [0.2, 0.25) is 0 Å². The van der Waals surface area contributed by atoms with E-state index in [9.17, 15) is 0 Å². The molecule has 0 rings (SSSR count). The second-order valence-corrected chi connectivity index (χ2v) is 2.69. The third-order valence-electron chi connectivity index (χ3n) is 0. The van der Waals surface area contributed by atoms with Gasteiger partial charge in [0.25, 0.3) is 0 Å². The van der Waals surface area contributed by atoms with Gasteiger partial charge in [0.15, 0.2) is 17.4 Å². The van der Waals surface area contributed by atoms with E-state index in [0.29, 0.717) is 0 Å². The fraction of sp³-hybridized carbons (Fsp3) is 0. The molecule has 0 radical (unpaired) electrons. The second-order valence-electron chi connectivity index (χ2n) is 0.896. The van der Waals surface area contributed by atoms with Gasteiger partial charge in [-0.25, -0.2) is 0 Å². The smallest absolute Gasteiger partial charge is 1.00 e. The van der Waals surface area contributed by atoms with Gasteiger partial charge in [0.2, 0.25) is 0 Å². The Morgan fingerprint density at radius 2 is 0.750 bits per heavy atom. The molecule has 0 saturated heterocycles. The van der Waals surface area contributed by atoms with Gasteiger partial charge < -0.3 is 2.85 Å². The van der Waals surface area contributed by atoms with Crippen LogP contribution < -0.4 is 0 Å². The van der Waals surface area contributed by atoms with Gasteiger partial charge in [-0.2, -0.15) is 16.8 Å². The third kappa shape index (κ3) is 410. The summed E-state index contributed by atoms with van der Waals surface area (Å²) in [4.78, 5) is 0. The van der Waals surface area contributed by atoms with E-state index in [-0.39, 0.29) is 69.1 Å². The Kier molecular flexibility index (Phi) is 18.5. The van der Waals surface area contributed by atoms with Gasteiger partial charge in [-0.15, -0.1) is 0 Å². The SMILES string of the molecule is O=S(=O)(O)O.O=S(=O)(O)O.[AlH3].[Ba+2].[H-].[H-]. The first-order chi connectivity index (χ1) is 4.00. The zero-order valence-corrected chi connectivity index (χ0v) is 11.0. The summed E-state index contributed by atoms with van der Waals surface area (Å²) in [5, 5.41) is 0. The molecule has 0 unspecified atom stereocenters. The van der Waals surface area contributed by atoms with Gasteiger partial charge in [0.05, 0.1) is 0 Å². The molecule has 12 heavy (non-hydrogen) atoms. The molecule has 0 aromatic heterocycles. The van der Waals surface area contributed by atoms with Gasteiger partial charge in [-0.3, -0.25) is 18.2 Å². The molecule has 4 N–H and O–H groups in total. The van der Waals surface area contributed by atoms with E-state index in [1.165, 1.54) is 0 Å². The average Bonchev–Trinajstić information content (AvgIpc) is 1.12. The van der Waals surface area contributed by atoms with Crippen LogP contribution in [0.15, 0.2) is 0 Å². The monoisotopic (exact) mass is 366 g/mol. The summed E-state index contributed by atoms with van der Waals surface area (Å²) in [6.07, 6.45) is 0. The van der Waals surface area contributed by atoms with Crippen molar-refractivity contribution < 1.29 is 37.9 Å². The van der Waals surface area contributed by atoms with Crippen LogP contribution in [0.1, 0.15) is 2.85 Å². The van der Waals surface area contributed by atoms with E-state index >= 15 is 0 Å². The number of hydrogen-bond donors (Lipinski definition) is 4. The van der Waals surface area contributed by atoms with E-state index < -0.39 is 20.8 Å². The van der Waals surface area contributed by atoms with Crippen molar-refractivity contribution in [3.05, 3.63) is 0 Å². The van der Waals surface area contributed by atoms with E-state index in [2.05, 4.69) is 0 Å². The Balaban J connectivity index is -0.0000000178. The van der Waals surface area contributed by atoms with Crippen LogP contribution in [0.5, 0.6) is 0 Å². The molecule has 0 bridgehead atoms. The van der Waals surface area contributed by atoms with Crippen LogP contribution in [0.3, 0.4) is 0 Å². The van der Waals surface area contributed by atoms with Crippen molar-refractivity contribution in [3.63, 3.8) is 0 Å². The van der Waals surface area contributed by atoms with Crippen LogP contribution in [0.4, 0.5) is 0 Å². The van der Waals surface area contributed by atoms with Crippen molar-refractivity contribution in [2.75, 3.05) is 0 Å². The van der Waals surface area contributed by atoms with Crippen molar-refractivity contribution in [2.24, 2.45) is 0 Å². The maximum atomic E-state index is 8.74. The van der Waals surface area contributed by atoms with Crippen LogP contribution in [-0.4, -0.2) is 101 Å². The maximum absolute atomic E-state index is 8.74. The van der Waals surface area contributed by atoms with Crippen LogP contribution in [0.25, 0.3) is 0 Å². The predicted octanol–water partition coefficient (Wildman–Crippen LogP) is -2.65. The molecule has 0 fully saturated rings. The summed E-state index contributed by atoms with van der Waals surface area (Å²) in [6.45, 7) is 0. The minimum atomic E-state index is -4.67. The molecular weight excluding hydrogens is 356 g/mol. The molecule has 0 heterocycles. The van der Waals surface area contributed by atoms with Gasteiger partial charge in [-0.05, 0) is 0 Å².